The number of allylic oxidation sites excluding steroid dienone is 4. The van der Waals surface area contributed by atoms with Gasteiger partial charge in [-0.15, -0.1) is 0 Å². The largest absolute Gasteiger partial charge is 0.0829 e. The van der Waals surface area contributed by atoms with Crippen LogP contribution in [0.25, 0.3) is 0 Å². The Labute approximate surface area is 76.5 Å². The lowest BCUT2D eigenvalue weighted by Gasteiger charge is -2.28. The molecule has 56 valence electrons. The monoisotopic (exact) mass is 248 g/mol. The van der Waals surface area contributed by atoms with Gasteiger partial charge in [-0.2, -0.15) is 0 Å². The average Bonchev–Trinajstić information content (AvgIpc) is 1.89. The molecule has 1 heteroatoms. The molecule has 0 saturated carbocycles. The van der Waals surface area contributed by atoms with E-state index in [1.807, 2.05) is 0 Å². The predicted molar refractivity (Wildman–Crippen MR) is 54.5 cm³/mol. The van der Waals surface area contributed by atoms with Gasteiger partial charge in [0.1, 0.15) is 0 Å². The van der Waals surface area contributed by atoms with E-state index >= 15 is 0 Å². The van der Waals surface area contributed by atoms with Crippen LogP contribution in [-0.4, -0.2) is 3.42 Å². The Balaban J connectivity index is 2.70. The highest BCUT2D eigenvalue weighted by Crippen LogP contribution is 2.35. The molecule has 1 rings (SSSR count). The van der Waals surface area contributed by atoms with Gasteiger partial charge in [0.2, 0.25) is 0 Å². The lowest BCUT2D eigenvalue weighted by Crippen LogP contribution is -2.24. The molecule has 0 fully saturated rings. The van der Waals surface area contributed by atoms with Gasteiger partial charge in [-0.05, 0) is 12.3 Å². The zero-order chi connectivity index (χ0) is 7.61. The number of hydrogen-bond acceptors (Lipinski definition) is 0. The van der Waals surface area contributed by atoms with Crippen LogP contribution in [0.5, 0.6) is 0 Å². The van der Waals surface area contributed by atoms with Gasteiger partial charge in [0.25, 0.3) is 0 Å². The summed E-state index contributed by atoms with van der Waals surface area (Å²) in [6.45, 7) is 4.55. The van der Waals surface area contributed by atoms with Crippen molar-refractivity contribution in [2.75, 3.05) is 0 Å². The smallest absolute Gasteiger partial charge is 0.0461 e. The molecule has 0 amide bonds. The molecule has 0 bridgehead atoms. The Bertz CT molecular complexity index is 168. The molecule has 0 radical (unpaired) electrons. The highest BCUT2D eigenvalue weighted by molar-refractivity contribution is 14.1. The summed E-state index contributed by atoms with van der Waals surface area (Å²) < 4.78 is 0.381. The first kappa shape index (κ1) is 8.31. The minimum absolute atomic E-state index is 0.381. The fourth-order valence-corrected chi connectivity index (χ4v) is 1.50. The molecule has 1 aliphatic carbocycles. The maximum Gasteiger partial charge on any atom is 0.0461 e. The van der Waals surface area contributed by atoms with Crippen molar-refractivity contribution in [3.05, 3.63) is 24.3 Å². The third kappa shape index (κ3) is 1.62. The molecular formula is C9H13I. The summed E-state index contributed by atoms with van der Waals surface area (Å²) in [5.41, 5.74) is 0. The lowest BCUT2D eigenvalue weighted by atomic mass is 9.90. The van der Waals surface area contributed by atoms with Crippen molar-refractivity contribution in [1.29, 1.82) is 0 Å². The second-order valence-electron chi connectivity index (χ2n) is 3.07. The van der Waals surface area contributed by atoms with E-state index in [2.05, 4.69) is 60.7 Å². The quantitative estimate of drug-likeness (QED) is 0.493. The van der Waals surface area contributed by atoms with Crippen molar-refractivity contribution < 1.29 is 0 Å². The predicted octanol–water partition coefficient (Wildman–Crippen LogP) is 3.33. The zero-order valence-electron chi connectivity index (χ0n) is 6.47. The molecule has 1 aliphatic rings. The number of hydrogen-bond donors (Lipinski definition) is 0. The van der Waals surface area contributed by atoms with Crippen molar-refractivity contribution in [3.8, 4) is 0 Å². The van der Waals surface area contributed by atoms with Crippen LogP contribution in [-0.2, 0) is 0 Å². The zero-order valence-corrected chi connectivity index (χ0v) is 8.63. The maximum atomic E-state index is 2.54. The van der Waals surface area contributed by atoms with Gasteiger partial charge < -0.3 is 0 Å². The second-order valence-corrected chi connectivity index (χ2v) is 5.08. The van der Waals surface area contributed by atoms with Crippen LogP contribution < -0.4 is 0 Å². The number of rotatable bonds is 1. The van der Waals surface area contributed by atoms with Gasteiger partial charge in [-0.25, -0.2) is 0 Å². The summed E-state index contributed by atoms with van der Waals surface area (Å²) in [6.07, 6.45) is 10.0. The Morgan fingerprint density at radius 3 is 2.40 bits per heavy atom. The summed E-state index contributed by atoms with van der Waals surface area (Å²) >= 11 is 2.54. The molecule has 0 nitrogen and oxygen atoms in total. The molecule has 0 aromatic carbocycles. The summed E-state index contributed by atoms with van der Waals surface area (Å²) in [5.74, 6) is 0.731. The molecular weight excluding hydrogens is 235 g/mol. The fraction of sp³-hybridized carbons (Fsp3) is 0.556. The summed E-state index contributed by atoms with van der Waals surface area (Å²) in [5, 5.41) is 0. The van der Waals surface area contributed by atoms with Crippen LogP contribution >= 0.6 is 22.6 Å². The van der Waals surface area contributed by atoms with Gasteiger partial charge in [-0.1, -0.05) is 60.7 Å². The number of halogens is 1. The standard InChI is InChI=1S/C9H13I/c1-8(2)9(10)6-4-3-5-7-9/h3-6,8H,7H2,1-2H3. The summed E-state index contributed by atoms with van der Waals surface area (Å²) in [4.78, 5) is 0. The highest BCUT2D eigenvalue weighted by Gasteiger charge is 2.26. The van der Waals surface area contributed by atoms with E-state index in [1.165, 1.54) is 6.42 Å². The first-order chi connectivity index (χ1) is 4.65. The van der Waals surface area contributed by atoms with Crippen LogP contribution in [0.2, 0.25) is 0 Å². The van der Waals surface area contributed by atoms with Crippen molar-refractivity contribution in [2.24, 2.45) is 5.92 Å². The van der Waals surface area contributed by atoms with Gasteiger partial charge >= 0.3 is 0 Å². The van der Waals surface area contributed by atoms with E-state index in [1.54, 1.807) is 0 Å². The van der Waals surface area contributed by atoms with E-state index in [0.29, 0.717) is 3.42 Å². The molecule has 1 atom stereocenters. The van der Waals surface area contributed by atoms with E-state index in [9.17, 15) is 0 Å². The average molecular weight is 248 g/mol. The van der Waals surface area contributed by atoms with Crippen LogP contribution in [0.3, 0.4) is 0 Å². The van der Waals surface area contributed by atoms with Gasteiger partial charge in [-0.3, -0.25) is 0 Å². The summed E-state index contributed by atoms with van der Waals surface area (Å²) in [6, 6.07) is 0. The fourth-order valence-electron chi connectivity index (χ4n) is 1.04. The Morgan fingerprint density at radius 1 is 1.40 bits per heavy atom. The molecule has 0 aromatic rings. The van der Waals surface area contributed by atoms with Crippen LogP contribution in [0.4, 0.5) is 0 Å². The van der Waals surface area contributed by atoms with Crippen molar-refractivity contribution >= 4 is 22.6 Å². The Kier molecular flexibility index (Phi) is 2.55. The molecule has 0 saturated heterocycles. The Morgan fingerprint density at radius 2 is 2.10 bits per heavy atom. The third-order valence-electron chi connectivity index (χ3n) is 2.01. The van der Waals surface area contributed by atoms with Gasteiger partial charge in [0.05, 0.1) is 0 Å². The molecule has 10 heavy (non-hydrogen) atoms. The van der Waals surface area contributed by atoms with E-state index in [0.717, 1.165) is 5.92 Å². The van der Waals surface area contributed by atoms with Crippen molar-refractivity contribution in [3.63, 3.8) is 0 Å². The minimum atomic E-state index is 0.381. The van der Waals surface area contributed by atoms with Crippen molar-refractivity contribution in [2.45, 2.75) is 23.7 Å². The second kappa shape index (κ2) is 3.07. The van der Waals surface area contributed by atoms with E-state index < -0.39 is 0 Å². The maximum absolute atomic E-state index is 2.54. The summed E-state index contributed by atoms with van der Waals surface area (Å²) in [7, 11) is 0. The molecule has 0 N–H and O–H groups in total. The Hall–Kier alpha value is 0.210. The first-order valence-electron chi connectivity index (χ1n) is 3.68. The van der Waals surface area contributed by atoms with Gasteiger partial charge in [0.15, 0.2) is 0 Å². The molecule has 1 unspecified atom stereocenters. The SMILES string of the molecule is CC(C)C1(I)C=CC=CC1. The minimum Gasteiger partial charge on any atom is -0.0829 e. The van der Waals surface area contributed by atoms with Crippen molar-refractivity contribution in [1.82, 2.24) is 0 Å². The molecule has 0 heterocycles. The third-order valence-corrected chi connectivity index (χ3v) is 4.06. The van der Waals surface area contributed by atoms with E-state index in [4.69, 9.17) is 0 Å². The topological polar surface area (TPSA) is 0 Å². The van der Waals surface area contributed by atoms with Gasteiger partial charge in [0, 0.05) is 3.42 Å². The van der Waals surface area contributed by atoms with E-state index in [-0.39, 0.29) is 0 Å². The molecule has 0 aliphatic heterocycles. The van der Waals surface area contributed by atoms with Crippen LogP contribution in [0.15, 0.2) is 24.3 Å². The molecule has 0 spiro atoms. The first-order valence-corrected chi connectivity index (χ1v) is 4.76. The lowest BCUT2D eigenvalue weighted by molar-refractivity contribution is 0.535. The normalized spacial score (nSPS) is 31.6. The van der Waals surface area contributed by atoms with Crippen LogP contribution in [0, 0.1) is 5.92 Å². The molecule has 0 aromatic heterocycles. The number of alkyl halides is 1. The highest BCUT2D eigenvalue weighted by atomic mass is 127. The van der Waals surface area contributed by atoms with Crippen LogP contribution in [0.1, 0.15) is 20.3 Å².